The topological polar surface area (TPSA) is 68.6 Å². The molecule has 22 heavy (non-hydrogen) atoms. The Hall–Kier alpha value is -1.98. The van der Waals surface area contributed by atoms with Crippen LogP contribution in [0, 0.1) is 6.92 Å². The number of aromatic hydroxyl groups is 1. The summed E-state index contributed by atoms with van der Waals surface area (Å²) in [6.07, 6.45) is 1.74. The summed E-state index contributed by atoms with van der Waals surface area (Å²) >= 11 is 6.01. The molecule has 0 unspecified atom stereocenters. The molecule has 0 bridgehead atoms. The molecule has 6 heteroatoms. The number of anilines is 2. The highest BCUT2D eigenvalue weighted by molar-refractivity contribution is 6.30. The molecule has 0 spiro atoms. The van der Waals surface area contributed by atoms with Gasteiger partial charge in [-0.05, 0) is 36.8 Å². The number of aliphatic hydroxyl groups excluding tert-OH is 1. The lowest BCUT2D eigenvalue weighted by Crippen LogP contribution is -2.21. The Morgan fingerprint density at radius 3 is 2.73 bits per heavy atom. The van der Waals surface area contributed by atoms with Crippen LogP contribution in [0.25, 0.3) is 0 Å². The van der Waals surface area contributed by atoms with Gasteiger partial charge in [-0.1, -0.05) is 11.6 Å². The minimum atomic E-state index is 0.101. The van der Waals surface area contributed by atoms with E-state index in [0.29, 0.717) is 23.9 Å². The lowest BCUT2D eigenvalue weighted by molar-refractivity contribution is 0.304. The summed E-state index contributed by atoms with van der Waals surface area (Å²) in [5.74, 6) is 0.953. The first kappa shape index (κ1) is 16.4. The Bertz CT molecular complexity index is 632. The summed E-state index contributed by atoms with van der Waals surface area (Å²) in [6.45, 7) is 2.91. The van der Waals surface area contributed by atoms with Crippen molar-refractivity contribution >= 4 is 23.1 Å². The number of benzene rings is 1. The van der Waals surface area contributed by atoms with E-state index in [4.69, 9.17) is 16.7 Å². The minimum absolute atomic E-state index is 0.101. The number of halogens is 1. The Kier molecular flexibility index (Phi) is 5.46. The van der Waals surface area contributed by atoms with E-state index in [9.17, 15) is 5.11 Å². The third kappa shape index (κ3) is 4.02. The van der Waals surface area contributed by atoms with Crippen molar-refractivity contribution in [1.82, 2.24) is 4.98 Å². The molecule has 118 valence electrons. The van der Waals surface area contributed by atoms with Gasteiger partial charge in [0, 0.05) is 30.7 Å². The standard InChI is InChI=1S/C16H20ClN3O2/c1-11-7-13(17)8-12(16(11)22)9-18-15-4-3-14(10-19-15)20(2)5-6-21/h3-4,7-8,10,21-22H,5-6,9H2,1-2H3,(H,18,19). The smallest absolute Gasteiger partial charge is 0.126 e. The first-order valence-corrected chi connectivity index (χ1v) is 7.39. The van der Waals surface area contributed by atoms with Gasteiger partial charge in [-0.15, -0.1) is 0 Å². The predicted octanol–water partition coefficient (Wildman–Crippen LogP) is 2.79. The number of rotatable bonds is 6. The van der Waals surface area contributed by atoms with E-state index in [1.165, 1.54) is 0 Å². The van der Waals surface area contributed by atoms with E-state index in [2.05, 4.69) is 10.3 Å². The van der Waals surface area contributed by atoms with Crippen LogP contribution in [0.3, 0.4) is 0 Å². The van der Waals surface area contributed by atoms with Gasteiger partial charge in [-0.25, -0.2) is 4.98 Å². The molecule has 5 nitrogen and oxygen atoms in total. The fourth-order valence-electron chi connectivity index (χ4n) is 2.12. The zero-order chi connectivity index (χ0) is 16.1. The lowest BCUT2D eigenvalue weighted by atomic mass is 10.1. The van der Waals surface area contributed by atoms with E-state index < -0.39 is 0 Å². The van der Waals surface area contributed by atoms with Crippen molar-refractivity contribution in [3.8, 4) is 5.75 Å². The second kappa shape index (κ2) is 7.33. The molecule has 3 N–H and O–H groups in total. The van der Waals surface area contributed by atoms with Crippen LogP contribution in [-0.4, -0.2) is 35.4 Å². The maximum absolute atomic E-state index is 10.0. The molecule has 2 rings (SSSR count). The van der Waals surface area contributed by atoms with E-state index in [-0.39, 0.29) is 12.4 Å². The van der Waals surface area contributed by atoms with Gasteiger partial charge in [0.25, 0.3) is 0 Å². The number of phenols is 1. The number of aliphatic hydroxyl groups is 1. The van der Waals surface area contributed by atoms with E-state index in [0.717, 1.165) is 16.8 Å². The number of likely N-dealkylation sites (N-methyl/N-ethyl adjacent to an activating group) is 1. The third-order valence-electron chi connectivity index (χ3n) is 3.43. The summed E-state index contributed by atoms with van der Waals surface area (Å²) in [5, 5.41) is 22.7. The Morgan fingerprint density at radius 2 is 2.09 bits per heavy atom. The van der Waals surface area contributed by atoms with Crippen LogP contribution in [-0.2, 0) is 6.54 Å². The van der Waals surface area contributed by atoms with Crippen LogP contribution in [0.4, 0.5) is 11.5 Å². The molecule has 0 aliphatic carbocycles. The number of hydrogen-bond acceptors (Lipinski definition) is 5. The molecular formula is C16H20ClN3O2. The summed E-state index contributed by atoms with van der Waals surface area (Å²) in [4.78, 5) is 6.24. The molecular weight excluding hydrogens is 302 g/mol. The quantitative estimate of drug-likeness (QED) is 0.763. The Morgan fingerprint density at radius 1 is 1.32 bits per heavy atom. The molecule has 0 saturated heterocycles. The van der Waals surface area contributed by atoms with Gasteiger partial charge < -0.3 is 20.4 Å². The first-order valence-electron chi connectivity index (χ1n) is 7.01. The summed E-state index contributed by atoms with van der Waals surface area (Å²) in [6, 6.07) is 7.25. The Labute approximate surface area is 135 Å². The fraction of sp³-hybridized carbons (Fsp3) is 0.312. The molecule has 1 aromatic heterocycles. The van der Waals surface area contributed by atoms with Crippen molar-refractivity contribution in [2.24, 2.45) is 0 Å². The van der Waals surface area contributed by atoms with Gasteiger partial charge in [0.15, 0.2) is 0 Å². The average Bonchev–Trinajstić information content (AvgIpc) is 2.50. The molecule has 0 amide bonds. The van der Waals surface area contributed by atoms with Crippen molar-refractivity contribution in [2.45, 2.75) is 13.5 Å². The second-order valence-electron chi connectivity index (χ2n) is 5.13. The van der Waals surface area contributed by atoms with Crippen molar-refractivity contribution in [3.05, 3.63) is 46.6 Å². The number of phenolic OH excluding ortho intramolecular Hbond substituents is 1. The molecule has 0 aliphatic heterocycles. The largest absolute Gasteiger partial charge is 0.507 e. The Balaban J connectivity index is 2.03. The molecule has 0 aliphatic rings. The monoisotopic (exact) mass is 321 g/mol. The summed E-state index contributed by atoms with van der Waals surface area (Å²) in [7, 11) is 1.90. The molecule has 1 aromatic carbocycles. The SMILES string of the molecule is Cc1cc(Cl)cc(CNc2ccc(N(C)CCO)cn2)c1O. The average molecular weight is 322 g/mol. The molecule has 1 heterocycles. The molecule has 0 atom stereocenters. The maximum atomic E-state index is 10.0. The number of aromatic nitrogens is 1. The third-order valence-corrected chi connectivity index (χ3v) is 3.65. The number of hydrogen-bond donors (Lipinski definition) is 3. The first-order chi connectivity index (χ1) is 10.5. The fourth-order valence-corrected chi connectivity index (χ4v) is 2.42. The molecule has 2 aromatic rings. The predicted molar refractivity (Wildman–Crippen MR) is 89.8 cm³/mol. The normalized spacial score (nSPS) is 10.5. The van der Waals surface area contributed by atoms with Crippen molar-refractivity contribution < 1.29 is 10.2 Å². The number of aryl methyl sites for hydroxylation is 1. The van der Waals surface area contributed by atoms with Gasteiger partial charge in [-0.3, -0.25) is 0 Å². The van der Waals surface area contributed by atoms with Crippen molar-refractivity contribution in [1.29, 1.82) is 0 Å². The highest BCUT2D eigenvalue weighted by Crippen LogP contribution is 2.27. The number of pyridine rings is 1. The van der Waals surface area contributed by atoms with Gasteiger partial charge in [-0.2, -0.15) is 0 Å². The number of nitrogens with one attached hydrogen (secondary N) is 1. The van der Waals surface area contributed by atoms with Gasteiger partial charge >= 0.3 is 0 Å². The zero-order valence-corrected chi connectivity index (χ0v) is 13.4. The van der Waals surface area contributed by atoms with E-state index in [1.54, 1.807) is 18.3 Å². The highest BCUT2D eigenvalue weighted by atomic mass is 35.5. The van der Waals surface area contributed by atoms with Crippen LogP contribution in [0.1, 0.15) is 11.1 Å². The van der Waals surface area contributed by atoms with E-state index >= 15 is 0 Å². The van der Waals surface area contributed by atoms with Crippen LogP contribution in [0.5, 0.6) is 5.75 Å². The zero-order valence-electron chi connectivity index (χ0n) is 12.7. The minimum Gasteiger partial charge on any atom is -0.507 e. The van der Waals surface area contributed by atoms with Crippen LogP contribution in [0.2, 0.25) is 5.02 Å². The van der Waals surface area contributed by atoms with Crippen molar-refractivity contribution in [2.75, 3.05) is 30.4 Å². The van der Waals surface area contributed by atoms with Crippen molar-refractivity contribution in [3.63, 3.8) is 0 Å². The lowest BCUT2D eigenvalue weighted by Gasteiger charge is -2.17. The van der Waals surface area contributed by atoms with Crippen LogP contribution < -0.4 is 10.2 Å². The highest BCUT2D eigenvalue weighted by Gasteiger charge is 2.07. The van der Waals surface area contributed by atoms with Gasteiger partial charge in [0.05, 0.1) is 18.5 Å². The van der Waals surface area contributed by atoms with E-state index in [1.807, 2.05) is 31.0 Å². The van der Waals surface area contributed by atoms with Gasteiger partial charge in [0.2, 0.25) is 0 Å². The summed E-state index contributed by atoms with van der Waals surface area (Å²) < 4.78 is 0. The molecule has 0 fully saturated rings. The molecule has 0 saturated carbocycles. The maximum Gasteiger partial charge on any atom is 0.126 e. The van der Waals surface area contributed by atoms with Gasteiger partial charge in [0.1, 0.15) is 11.6 Å². The second-order valence-corrected chi connectivity index (χ2v) is 5.57. The summed E-state index contributed by atoms with van der Waals surface area (Å²) in [5.41, 5.74) is 2.41. The van der Waals surface area contributed by atoms with Crippen LogP contribution in [0.15, 0.2) is 30.5 Å². The number of nitrogens with zero attached hydrogens (tertiary/aromatic N) is 2. The molecule has 0 radical (unpaired) electrons. The van der Waals surface area contributed by atoms with Crippen LogP contribution >= 0.6 is 11.6 Å².